The molecule has 0 aliphatic rings. The van der Waals surface area contributed by atoms with Crippen LogP contribution in [0, 0.1) is 6.92 Å². The molecule has 0 amide bonds. The zero-order valence-electron chi connectivity index (χ0n) is 7.66. The molecule has 72 valence electrons. The van der Waals surface area contributed by atoms with Crippen molar-refractivity contribution in [3.8, 4) is 5.88 Å². The minimum Gasteiger partial charge on any atom is -0.475 e. The minimum atomic E-state index is -0.0143. The van der Waals surface area contributed by atoms with Gasteiger partial charge in [-0.1, -0.05) is 6.07 Å². The number of aliphatic hydroxyl groups excluding tert-OH is 1. The molecule has 0 saturated heterocycles. The SMILES string of the molecule is Cc1ccc(CN)c(OCCO)n1. The Morgan fingerprint density at radius 3 is 2.92 bits per heavy atom. The third-order valence-corrected chi connectivity index (χ3v) is 1.63. The molecule has 1 aromatic heterocycles. The van der Waals surface area contributed by atoms with E-state index in [1.54, 1.807) is 0 Å². The summed E-state index contributed by atoms with van der Waals surface area (Å²) in [4.78, 5) is 4.17. The van der Waals surface area contributed by atoms with E-state index in [4.69, 9.17) is 15.6 Å². The van der Waals surface area contributed by atoms with Crippen molar-refractivity contribution >= 4 is 0 Å². The summed E-state index contributed by atoms with van der Waals surface area (Å²) >= 11 is 0. The average molecular weight is 182 g/mol. The highest BCUT2D eigenvalue weighted by molar-refractivity contribution is 5.27. The molecule has 4 heteroatoms. The Morgan fingerprint density at radius 2 is 2.31 bits per heavy atom. The number of pyridine rings is 1. The van der Waals surface area contributed by atoms with Gasteiger partial charge in [-0.3, -0.25) is 0 Å². The molecular weight excluding hydrogens is 168 g/mol. The summed E-state index contributed by atoms with van der Waals surface area (Å²) in [5.41, 5.74) is 7.23. The van der Waals surface area contributed by atoms with Crippen molar-refractivity contribution < 1.29 is 9.84 Å². The van der Waals surface area contributed by atoms with Crippen LogP contribution < -0.4 is 10.5 Å². The van der Waals surface area contributed by atoms with E-state index in [2.05, 4.69) is 4.98 Å². The van der Waals surface area contributed by atoms with Gasteiger partial charge in [-0.25, -0.2) is 4.98 Å². The van der Waals surface area contributed by atoms with Gasteiger partial charge in [0.2, 0.25) is 5.88 Å². The summed E-state index contributed by atoms with van der Waals surface area (Å²) in [5.74, 6) is 0.525. The lowest BCUT2D eigenvalue weighted by Gasteiger charge is -2.08. The fourth-order valence-electron chi connectivity index (χ4n) is 0.984. The van der Waals surface area contributed by atoms with Crippen LogP contribution in [0.3, 0.4) is 0 Å². The zero-order valence-corrected chi connectivity index (χ0v) is 7.66. The Hall–Kier alpha value is -1.13. The van der Waals surface area contributed by atoms with Gasteiger partial charge in [-0.2, -0.15) is 0 Å². The lowest BCUT2D eigenvalue weighted by molar-refractivity contribution is 0.195. The maximum atomic E-state index is 8.58. The first kappa shape index (κ1) is 9.95. The van der Waals surface area contributed by atoms with E-state index in [9.17, 15) is 0 Å². The molecule has 0 aliphatic carbocycles. The fourth-order valence-corrected chi connectivity index (χ4v) is 0.984. The van der Waals surface area contributed by atoms with Crippen LogP contribution in [0.4, 0.5) is 0 Å². The van der Waals surface area contributed by atoms with Crippen molar-refractivity contribution in [3.63, 3.8) is 0 Å². The fraction of sp³-hybridized carbons (Fsp3) is 0.444. The molecule has 0 fully saturated rings. The van der Waals surface area contributed by atoms with Gasteiger partial charge in [-0.15, -0.1) is 0 Å². The van der Waals surface area contributed by atoms with Gasteiger partial charge in [0.1, 0.15) is 6.61 Å². The number of hydrogen-bond donors (Lipinski definition) is 2. The van der Waals surface area contributed by atoms with Crippen molar-refractivity contribution in [3.05, 3.63) is 23.4 Å². The molecule has 0 aromatic carbocycles. The number of hydrogen-bond acceptors (Lipinski definition) is 4. The number of aryl methyl sites for hydroxylation is 1. The van der Waals surface area contributed by atoms with E-state index in [0.29, 0.717) is 12.4 Å². The number of aromatic nitrogens is 1. The smallest absolute Gasteiger partial charge is 0.218 e. The quantitative estimate of drug-likeness (QED) is 0.699. The molecule has 1 heterocycles. The molecule has 0 spiro atoms. The first-order chi connectivity index (χ1) is 6.27. The molecule has 3 N–H and O–H groups in total. The second-order valence-electron chi connectivity index (χ2n) is 2.69. The normalized spacial score (nSPS) is 10.1. The van der Waals surface area contributed by atoms with Crippen LogP contribution in [0.2, 0.25) is 0 Å². The van der Waals surface area contributed by atoms with Crippen LogP contribution >= 0.6 is 0 Å². The number of nitrogens with two attached hydrogens (primary N) is 1. The van der Waals surface area contributed by atoms with E-state index in [0.717, 1.165) is 11.3 Å². The summed E-state index contributed by atoms with van der Waals surface area (Å²) in [5, 5.41) is 8.58. The van der Waals surface area contributed by atoms with Crippen molar-refractivity contribution in [1.82, 2.24) is 4.98 Å². The third kappa shape index (κ3) is 2.68. The highest BCUT2D eigenvalue weighted by Crippen LogP contribution is 2.14. The molecule has 0 aliphatic heterocycles. The van der Waals surface area contributed by atoms with Crippen molar-refractivity contribution in [2.24, 2.45) is 5.73 Å². The first-order valence-corrected chi connectivity index (χ1v) is 4.18. The van der Waals surface area contributed by atoms with E-state index in [1.165, 1.54) is 0 Å². The zero-order chi connectivity index (χ0) is 9.68. The summed E-state index contributed by atoms with van der Waals surface area (Å²) < 4.78 is 5.22. The average Bonchev–Trinajstić information content (AvgIpc) is 2.15. The van der Waals surface area contributed by atoms with Crippen LogP contribution in [0.25, 0.3) is 0 Å². The molecular formula is C9H14N2O2. The molecule has 1 aromatic rings. The molecule has 0 atom stereocenters. The van der Waals surface area contributed by atoms with E-state index in [-0.39, 0.29) is 13.2 Å². The van der Waals surface area contributed by atoms with Crippen LogP contribution in [-0.2, 0) is 6.54 Å². The molecule has 13 heavy (non-hydrogen) atoms. The van der Waals surface area contributed by atoms with Gasteiger partial charge < -0.3 is 15.6 Å². The van der Waals surface area contributed by atoms with Crippen molar-refractivity contribution in [2.75, 3.05) is 13.2 Å². The number of nitrogens with zero attached hydrogens (tertiary/aromatic N) is 1. The van der Waals surface area contributed by atoms with Crippen molar-refractivity contribution in [2.45, 2.75) is 13.5 Å². The lowest BCUT2D eigenvalue weighted by atomic mass is 10.2. The number of rotatable bonds is 4. The molecule has 1 rings (SSSR count). The molecule has 0 saturated carbocycles. The highest BCUT2D eigenvalue weighted by Gasteiger charge is 2.03. The summed E-state index contributed by atoms with van der Waals surface area (Å²) in [6, 6.07) is 3.77. The summed E-state index contributed by atoms with van der Waals surface area (Å²) in [7, 11) is 0. The topological polar surface area (TPSA) is 68.4 Å². The molecule has 0 bridgehead atoms. The second kappa shape index (κ2) is 4.79. The highest BCUT2D eigenvalue weighted by atomic mass is 16.5. The van der Waals surface area contributed by atoms with Gasteiger partial charge in [0.05, 0.1) is 6.61 Å². The van der Waals surface area contributed by atoms with Gasteiger partial charge in [0.15, 0.2) is 0 Å². The van der Waals surface area contributed by atoms with Crippen LogP contribution in [0.5, 0.6) is 5.88 Å². The molecule has 0 unspecified atom stereocenters. The Bertz CT molecular complexity index is 276. The first-order valence-electron chi connectivity index (χ1n) is 4.18. The van der Waals surface area contributed by atoms with E-state index < -0.39 is 0 Å². The largest absolute Gasteiger partial charge is 0.475 e. The minimum absolute atomic E-state index is 0.0143. The Morgan fingerprint density at radius 1 is 1.54 bits per heavy atom. The maximum Gasteiger partial charge on any atom is 0.218 e. The summed E-state index contributed by atoms with van der Waals surface area (Å²) in [6.07, 6.45) is 0. The predicted octanol–water partition coefficient (Wildman–Crippen LogP) is 0.220. The number of aliphatic hydroxyl groups is 1. The predicted molar refractivity (Wildman–Crippen MR) is 49.4 cm³/mol. The van der Waals surface area contributed by atoms with E-state index >= 15 is 0 Å². The Kier molecular flexibility index (Phi) is 3.67. The van der Waals surface area contributed by atoms with Crippen LogP contribution in [0.1, 0.15) is 11.3 Å². The van der Waals surface area contributed by atoms with Gasteiger partial charge in [0.25, 0.3) is 0 Å². The number of ether oxygens (including phenoxy) is 1. The van der Waals surface area contributed by atoms with Crippen LogP contribution in [-0.4, -0.2) is 23.3 Å². The monoisotopic (exact) mass is 182 g/mol. The lowest BCUT2D eigenvalue weighted by Crippen LogP contribution is -2.08. The van der Waals surface area contributed by atoms with Gasteiger partial charge in [-0.05, 0) is 13.0 Å². The second-order valence-corrected chi connectivity index (χ2v) is 2.69. The van der Waals surface area contributed by atoms with E-state index in [1.807, 2.05) is 19.1 Å². The standard InChI is InChI=1S/C9H14N2O2/c1-7-2-3-8(6-10)9(11-7)13-5-4-12/h2-3,12H,4-6,10H2,1H3. The molecule has 0 radical (unpaired) electrons. The Labute approximate surface area is 77.4 Å². The maximum absolute atomic E-state index is 8.58. The molecule has 4 nitrogen and oxygen atoms in total. The van der Waals surface area contributed by atoms with Gasteiger partial charge >= 0.3 is 0 Å². The summed E-state index contributed by atoms with van der Waals surface area (Å²) in [6.45, 7) is 2.52. The van der Waals surface area contributed by atoms with Crippen molar-refractivity contribution in [1.29, 1.82) is 0 Å². The third-order valence-electron chi connectivity index (χ3n) is 1.63. The van der Waals surface area contributed by atoms with Gasteiger partial charge in [0, 0.05) is 17.8 Å². The Balaban J connectivity index is 2.81. The van der Waals surface area contributed by atoms with Crippen LogP contribution in [0.15, 0.2) is 12.1 Å².